The van der Waals surface area contributed by atoms with E-state index in [1.165, 1.54) is 0 Å². The van der Waals surface area contributed by atoms with E-state index in [9.17, 15) is 4.79 Å². The first-order valence-corrected chi connectivity index (χ1v) is 7.25. The Labute approximate surface area is 123 Å². The Morgan fingerprint density at radius 1 is 1.43 bits per heavy atom. The molecule has 6 nitrogen and oxygen atoms in total. The van der Waals surface area contributed by atoms with Gasteiger partial charge in [0.2, 0.25) is 0 Å². The lowest BCUT2D eigenvalue weighted by molar-refractivity contribution is 0.0518. The summed E-state index contributed by atoms with van der Waals surface area (Å²) >= 11 is 0. The normalized spacial score (nSPS) is 13.7. The van der Waals surface area contributed by atoms with Gasteiger partial charge in [-0.05, 0) is 46.1 Å². The van der Waals surface area contributed by atoms with E-state index in [1.807, 2.05) is 10.9 Å². The van der Waals surface area contributed by atoms with Crippen molar-refractivity contribution in [2.24, 2.45) is 0 Å². The molecular weight excluding hydrogens is 268 g/mol. The number of carbonyl (C=O) groups is 1. The predicted octanol–water partition coefficient (Wildman–Crippen LogP) is 2.30. The third-order valence-corrected chi connectivity index (χ3v) is 3.68. The van der Waals surface area contributed by atoms with Crippen LogP contribution in [0.1, 0.15) is 49.4 Å². The number of fused-ring (bicyclic) bond motifs is 3. The number of ether oxygens (including phenoxy) is 1. The molecule has 3 rings (SSSR count). The second-order valence-corrected chi connectivity index (χ2v) is 6.24. The molecule has 0 atom stereocenters. The SMILES string of the molecule is CCOC(=O)c1nn(C(C)(C)C)c2c1-c1[nH]ncc1CC2. The summed E-state index contributed by atoms with van der Waals surface area (Å²) in [4.78, 5) is 12.3. The maximum Gasteiger partial charge on any atom is 0.359 e. The van der Waals surface area contributed by atoms with Crippen molar-refractivity contribution in [3.8, 4) is 11.3 Å². The molecular formula is C15H20N4O2. The van der Waals surface area contributed by atoms with Crippen molar-refractivity contribution in [1.29, 1.82) is 0 Å². The van der Waals surface area contributed by atoms with E-state index in [0.717, 1.165) is 35.4 Å². The lowest BCUT2D eigenvalue weighted by Crippen LogP contribution is -2.26. The molecule has 0 aliphatic heterocycles. The van der Waals surface area contributed by atoms with Gasteiger partial charge in [0.05, 0.1) is 29.6 Å². The topological polar surface area (TPSA) is 72.8 Å². The van der Waals surface area contributed by atoms with Gasteiger partial charge in [-0.25, -0.2) is 4.79 Å². The van der Waals surface area contributed by atoms with E-state index in [1.54, 1.807) is 6.92 Å². The fraction of sp³-hybridized carbons (Fsp3) is 0.533. The highest BCUT2D eigenvalue weighted by molar-refractivity contribution is 5.96. The van der Waals surface area contributed by atoms with Crippen LogP contribution in [0.5, 0.6) is 0 Å². The number of aromatic nitrogens is 4. The van der Waals surface area contributed by atoms with Gasteiger partial charge < -0.3 is 4.74 Å². The van der Waals surface area contributed by atoms with Gasteiger partial charge in [-0.3, -0.25) is 9.78 Å². The first kappa shape index (κ1) is 13.9. The summed E-state index contributed by atoms with van der Waals surface area (Å²) in [5, 5.41) is 11.7. The second kappa shape index (κ2) is 4.72. The van der Waals surface area contributed by atoms with E-state index in [4.69, 9.17) is 4.74 Å². The van der Waals surface area contributed by atoms with Crippen LogP contribution in [0.25, 0.3) is 11.3 Å². The fourth-order valence-electron chi connectivity index (χ4n) is 2.81. The number of aryl methyl sites for hydroxylation is 1. The van der Waals surface area contributed by atoms with Crippen LogP contribution in [0, 0.1) is 0 Å². The Balaban J connectivity index is 2.23. The van der Waals surface area contributed by atoms with Crippen LogP contribution in [0.15, 0.2) is 6.20 Å². The van der Waals surface area contributed by atoms with Crippen molar-refractivity contribution in [1.82, 2.24) is 20.0 Å². The Morgan fingerprint density at radius 3 is 2.86 bits per heavy atom. The van der Waals surface area contributed by atoms with Crippen molar-refractivity contribution in [3.05, 3.63) is 23.1 Å². The summed E-state index contributed by atoms with van der Waals surface area (Å²) in [6.45, 7) is 8.38. The lowest BCUT2D eigenvalue weighted by atomic mass is 9.93. The van der Waals surface area contributed by atoms with Gasteiger partial charge in [-0.2, -0.15) is 10.2 Å². The average Bonchev–Trinajstić information content (AvgIpc) is 3.01. The molecule has 0 unspecified atom stereocenters. The molecule has 1 aliphatic rings. The minimum Gasteiger partial charge on any atom is -0.461 e. The second-order valence-electron chi connectivity index (χ2n) is 6.24. The molecule has 0 bridgehead atoms. The van der Waals surface area contributed by atoms with Gasteiger partial charge in [-0.1, -0.05) is 0 Å². The maximum atomic E-state index is 12.3. The van der Waals surface area contributed by atoms with E-state index < -0.39 is 0 Å². The summed E-state index contributed by atoms with van der Waals surface area (Å²) in [5.41, 5.74) is 4.14. The smallest absolute Gasteiger partial charge is 0.359 e. The number of H-pyrrole nitrogens is 1. The summed E-state index contributed by atoms with van der Waals surface area (Å²) in [5.74, 6) is -0.376. The summed E-state index contributed by atoms with van der Waals surface area (Å²) < 4.78 is 7.11. The van der Waals surface area contributed by atoms with Gasteiger partial charge in [0.25, 0.3) is 0 Å². The molecule has 2 aromatic heterocycles. The summed E-state index contributed by atoms with van der Waals surface area (Å²) in [6.07, 6.45) is 3.58. The van der Waals surface area contributed by atoms with E-state index in [2.05, 4.69) is 36.1 Å². The van der Waals surface area contributed by atoms with Gasteiger partial charge in [0.15, 0.2) is 5.69 Å². The Morgan fingerprint density at radius 2 is 2.19 bits per heavy atom. The molecule has 1 aliphatic carbocycles. The molecule has 0 saturated carbocycles. The van der Waals surface area contributed by atoms with Crippen LogP contribution in [0.4, 0.5) is 0 Å². The number of hydrogen-bond acceptors (Lipinski definition) is 4. The molecule has 0 saturated heterocycles. The van der Waals surface area contributed by atoms with Gasteiger partial charge in [0.1, 0.15) is 0 Å². The monoisotopic (exact) mass is 288 g/mol. The van der Waals surface area contributed by atoms with E-state index >= 15 is 0 Å². The van der Waals surface area contributed by atoms with E-state index in [-0.39, 0.29) is 11.5 Å². The third kappa shape index (κ3) is 2.14. The molecule has 0 fully saturated rings. The summed E-state index contributed by atoms with van der Waals surface area (Å²) in [6, 6.07) is 0. The zero-order valence-electron chi connectivity index (χ0n) is 12.9. The average molecular weight is 288 g/mol. The zero-order chi connectivity index (χ0) is 15.2. The largest absolute Gasteiger partial charge is 0.461 e. The lowest BCUT2D eigenvalue weighted by Gasteiger charge is -2.24. The minimum absolute atomic E-state index is 0.188. The first-order chi connectivity index (χ1) is 9.93. The third-order valence-electron chi connectivity index (χ3n) is 3.68. The Bertz CT molecular complexity index is 691. The zero-order valence-corrected chi connectivity index (χ0v) is 12.9. The van der Waals surface area contributed by atoms with Crippen molar-refractivity contribution in [2.75, 3.05) is 6.61 Å². The van der Waals surface area contributed by atoms with Crippen LogP contribution in [0.3, 0.4) is 0 Å². The van der Waals surface area contributed by atoms with Crippen LogP contribution < -0.4 is 0 Å². The fourth-order valence-corrected chi connectivity index (χ4v) is 2.81. The quantitative estimate of drug-likeness (QED) is 0.861. The van der Waals surface area contributed by atoms with Crippen LogP contribution in [-0.4, -0.2) is 32.6 Å². The van der Waals surface area contributed by atoms with Crippen LogP contribution >= 0.6 is 0 Å². The van der Waals surface area contributed by atoms with Crippen LogP contribution in [-0.2, 0) is 23.1 Å². The number of nitrogens with zero attached hydrogens (tertiary/aromatic N) is 3. The Kier molecular flexibility index (Phi) is 3.11. The molecule has 0 aromatic carbocycles. The molecule has 1 N–H and O–H groups in total. The molecule has 0 radical (unpaired) electrons. The first-order valence-electron chi connectivity index (χ1n) is 7.25. The highest BCUT2D eigenvalue weighted by atomic mass is 16.5. The highest BCUT2D eigenvalue weighted by Crippen LogP contribution is 2.36. The molecule has 21 heavy (non-hydrogen) atoms. The van der Waals surface area contributed by atoms with Crippen LogP contribution in [0.2, 0.25) is 0 Å². The van der Waals surface area contributed by atoms with Crippen molar-refractivity contribution < 1.29 is 9.53 Å². The van der Waals surface area contributed by atoms with Crippen molar-refractivity contribution in [2.45, 2.75) is 46.1 Å². The molecule has 2 heterocycles. The molecule has 0 spiro atoms. The number of rotatable bonds is 2. The van der Waals surface area contributed by atoms with E-state index in [0.29, 0.717) is 12.3 Å². The number of hydrogen-bond donors (Lipinski definition) is 1. The maximum absolute atomic E-state index is 12.3. The predicted molar refractivity (Wildman–Crippen MR) is 78.2 cm³/mol. The highest BCUT2D eigenvalue weighted by Gasteiger charge is 2.33. The standard InChI is InChI=1S/C15H20N4O2/c1-5-21-14(20)13-11-10(19(18-13)15(2,3)4)7-6-9-8-16-17-12(9)11/h8H,5-7H2,1-4H3,(H,16,17). The van der Waals surface area contributed by atoms with Gasteiger partial charge >= 0.3 is 5.97 Å². The van der Waals surface area contributed by atoms with Gasteiger partial charge in [0, 0.05) is 5.69 Å². The number of nitrogens with one attached hydrogen (secondary N) is 1. The van der Waals surface area contributed by atoms with Crippen molar-refractivity contribution in [3.63, 3.8) is 0 Å². The molecule has 112 valence electrons. The number of carbonyl (C=O) groups excluding carboxylic acids is 1. The molecule has 0 amide bonds. The molecule has 2 aromatic rings. The Hall–Kier alpha value is -2.11. The number of esters is 1. The minimum atomic E-state index is -0.376. The number of aromatic amines is 1. The summed E-state index contributed by atoms with van der Waals surface area (Å²) in [7, 11) is 0. The molecule has 6 heteroatoms. The van der Waals surface area contributed by atoms with Crippen molar-refractivity contribution >= 4 is 5.97 Å². The van der Waals surface area contributed by atoms with Gasteiger partial charge in [-0.15, -0.1) is 0 Å².